The highest BCUT2D eigenvalue weighted by Gasteiger charge is 2.38. The maximum atomic E-state index is 13.1. The van der Waals surface area contributed by atoms with Crippen LogP contribution in [0, 0.1) is 0 Å². The number of hydrogen-bond acceptors (Lipinski definition) is 8. The summed E-state index contributed by atoms with van der Waals surface area (Å²) in [5.74, 6) is -1.88. The number of ether oxygens (including phenoxy) is 4. The average molecular weight is 517 g/mol. The van der Waals surface area contributed by atoms with E-state index >= 15 is 0 Å². The number of Topliss-reactive ketones (excluding diaryl/α,β-unsaturated/α-hetero) is 2. The van der Waals surface area contributed by atoms with E-state index in [1.165, 1.54) is 20.3 Å². The van der Waals surface area contributed by atoms with Gasteiger partial charge in [-0.25, -0.2) is 0 Å². The van der Waals surface area contributed by atoms with Crippen LogP contribution in [0.3, 0.4) is 0 Å². The van der Waals surface area contributed by atoms with Crippen LogP contribution in [0.4, 0.5) is 0 Å². The summed E-state index contributed by atoms with van der Waals surface area (Å²) in [6.07, 6.45) is 0.383. The molecule has 38 heavy (non-hydrogen) atoms. The number of aliphatic hydroxyl groups excluding tert-OH is 1. The van der Waals surface area contributed by atoms with E-state index in [-0.39, 0.29) is 28.9 Å². The predicted molar refractivity (Wildman–Crippen MR) is 140 cm³/mol. The van der Waals surface area contributed by atoms with Gasteiger partial charge in [-0.3, -0.25) is 14.4 Å². The van der Waals surface area contributed by atoms with Gasteiger partial charge in [-0.1, -0.05) is 42.5 Å². The molecule has 0 aliphatic heterocycles. The zero-order valence-electron chi connectivity index (χ0n) is 21.4. The highest BCUT2D eigenvalue weighted by molar-refractivity contribution is 6.52. The minimum atomic E-state index is -0.950. The number of allylic oxidation sites excluding steroid dienone is 1. The Morgan fingerprint density at radius 2 is 1.55 bits per heavy atom. The van der Waals surface area contributed by atoms with Gasteiger partial charge in [0.1, 0.15) is 11.5 Å². The van der Waals surface area contributed by atoms with E-state index in [0.717, 1.165) is 11.3 Å². The quantitative estimate of drug-likeness (QED) is 0.305. The number of methoxy groups -OCH3 is 3. The molecule has 0 saturated carbocycles. The first-order valence-corrected chi connectivity index (χ1v) is 12.0. The van der Waals surface area contributed by atoms with Gasteiger partial charge in [0.15, 0.2) is 11.5 Å². The first-order chi connectivity index (χ1) is 18.4. The molecule has 3 aromatic carbocycles. The monoisotopic (exact) mass is 516 g/mol. The molecule has 0 heterocycles. The van der Waals surface area contributed by atoms with Gasteiger partial charge in [0.05, 0.1) is 39.9 Å². The van der Waals surface area contributed by atoms with Crippen LogP contribution in [0.2, 0.25) is 0 Å². The van der Waals surface area contributed by atoms with Gasteiger partial charge in [0.25, 0.3) is 0 Å². The van der Waals surface area contributed by atoms with Gasteiger partial charge in [-0.05, 0) is 35.4 Å². The fraction of sp³-hybridized carbons (Fsp3) is 0.233. The molecule has 1 unspecified atom stereocenters. The van der Waals surface area contributed by atoms with Crippen LogP contribution < -0.4 is 14.2 Å². The Bertz CT molecular complexity index is 1390. The number of benzene rings is 3. The third kappa shape index (κ3) is 5.39. The molecule has 1 aliphatic carbocycles. The largest absolute Gasteiger partial charge is 0.507 e. The lowest BCUT2D eigenvalue weighted by Gasteiger charge is -2.25. The first-order valence-electron chi connectivity index (χ1n) is 12.0. The summed E-state index contributed by atoms with van der Waals surface area (Å²) in [6.45, 7) is 0.378. The summed E-state index contributed by atoms with van der Waals surface area (Å²) in [5, 5.41) is 11.1. The number of esters is 1. The van der Waals surface area contributed by atoms with E-state index in [9.17, 15) is 19.5 Å². The van der Waals surface area contributed by atoms with Gasteiger partial charge < -0.3 is 24.1 Å². The second-order valence-corrected chi connectivity index (χ2v) is 8.66. The summed E-state index contributed by atoms with van der Waals surface area (Å²) in [4.78, 5) is 38.3. The molecular weight excluding hydrogens is 488 g/mol. The lowest BCUT2D eigenvalue weighted by atomic mass is 9.78. The number of hydrogen-bond donors (Lipinski definition) is 1. The Balaban J connectivity index is 1.64. The Morgan fingerprint density at radius 1 is 0.842 bits per heavy atom. The normalized spacial score (nSPS) is 13.6. The van der Waals surface area contributed by atoms with E-state index in [1.54, 1.807) is 43.5 Å². The third-order valence-electron chi connectivity index (χ3n) is 6.48. The van der Waals surface area contributed by atoms with Crippen molar-refractivity contribution >= 4 is 23.3 Å². The maximum absolute atomic E-state index is 13.1. The Kier molecular flexibility index (Phi) is 8.11. The zero-order chi connectivity index (χ0) is 27.2. The lowest BCUT2D eigenvalue weighted by Crippen LogP contribution is -2.28. The minimum Gasteiger partial charge on any atom is -0.507 e. The van der Waals surface area contributed by atoms with Crippen molar-refractivity contribution in [3.8, 4) is 17.2 Å². The fourth-order valence-electron chi connectivity index (χ4n) is 4.44. The molecule has 0 bridgehead atoms. The Labute approximate surface area is 220 Å². The van der Waals surface area contributed by atoms with Crippen LogP contribution in [-0.4, -0.2) is 50.6 Å². The number of carbonyl (C=O) groups is 3. The summed E-state index contributed by atoms with van der Waals surface area (Å²) in [5.41, 5.74) is 1.76. The molecule has 8 nitrogen and oxygen atoms in total. The van der Waals surface area contributed by atoms with Crippen LogP contribution in [-0.2, 0) is 20.7 Å². The van der Waals surface area contributed by atoms with Gasteiger partial charge in [-0.15, -0.1) is 0 Å². The van der Waals surface area contributed by atoms with Gasteiger partial charge in [0, 0.05) is 23.5 Å². The van der Waals surface area contributed by atoms with Crippen molar-refractivity contribution in [3.63, 3.8) is 0 Å². The van der Waals surface area contributed by atoms with Crippen LogP contribution in [0.15, 0.2) is 72.3 Å². The zero-order valence-corrected chi connectivity index (χ0v) is 21.4. The number of aliphatic hydroxyl groups is 1. The summed E-state index contributed by atoms with van der Waals surface area (Å²) >= 11 is 0. The van der Waals surface area contributed by atoms with Crippen molar-refractivity contribution in [2.75, 3.05) is 27.9 Å². The molecule has 3 aromatic rings. The molecule has 1 atom stereocenters. The van der Waals surface area contributed by atoms with Crippen molar-refractivity contribution in [1.82, 2.24) is 0 Å². The minimum absolute atomic E-state index is 0.119. The lowest BCUT2D eigenvalue weighted by molar-refractivity contribution is -0.140. The molecule has 4 rings (SSSR count). The van der Waals surface area contributed by atoms with Crippen molar-refractivity contribution in [3.05, 3.63) is 94.6 Å². The highest BCUT2D eigenvalue weighted by Crippen LogP contribution is 2.40. The molecule has 0 saturated heterocycles. The van der Waals surface area contributed by atoms with Crippen LogP contribution in [0.1, 0.15) is 39.4 Å². The molecular formula is C30H28O8. The second-order valence-electron chi connectivity index (χ2n) is 8.66. The van der Waals surface area contributed by atoms with E-state index in [1.807, 2.05) is 24.3 Å². The van der Waals surface area contributed by atoms with Gasteiger partial charge in [-0.2, -0.15) is 0 Å². The first kappa shape index (κ1) is 26.5. The highest BCUT2D eigenvalue weighted by atomic mass is 16.5. The van der Waals surface area contributed by atoms with Crippen molar-refractivity contribution in [2.24, 2.45) is 0 Å². The number of carbonyl (C=O) groups excluding carboxylic acids is 3. The van der Waals surface area contributed by atoms with Crippen molar-refractivity contribution in [2.45, 2.75) is 18.8 Å². The van der Waals surface area contributed by atoms with Crippen LogP contribution in [0.5, 0.6) is 17.2 Å². The Morgan fingerprint density at radius 3 is 2.21 bits per heavy atom. The SMILES string of the molecule is COC(=O)CC(C1=C(O)c2ccccc2C(=O)C1=O)c1ccc(OCCc2ccc(OC)cc2)c(OC)c1. The molecule has 8 heteroatoms. The number of ketones is 2. The molecule has 0 aromatic heterocycles. The molecule has 0 fully saturated rings. The predicted octanol–water partition coefficient (Wildman–Crippen LogP) is 4.71. The van der Waals surface area contributed by atoms with Gasteiger partial charge in [0.2, 0.25) is 11.6 Å². The molecule has 1 N–H and O–H groups in total. The van der Waals surface area contributed by atoms with E-state index in [0.29, 0.717) is 30.1 Å². The fourth-order valence-corrected chi connectivity index (χ4v) is 4.44. The molecule has 0 amide bonds. The third-order valence-corrected chi connectivity index (χ3v) is 6.48. The summed E-state index contributed by atoms with van der Waals surface area (Å²) < 4.78 is 21.5. The molecule has 0 radical (unpaired) electrons. The summed E-state index contributed by atoms with van der Waals surface area (Å²) in [7, 11) is 4.33. The molecule has 1 aliphatic rings. The van der Waals surface area contributed by atoms with Crippen molar-refractivity contribution < 1.29 is 38.4 Å². The van der Waals surface area contributed by atoms with Crippen LogP contribution >= 0.6 is 0 Å². The standard InChI is InChI=1S/C30H28O8/c1-35-20-11-8-18(9-12-20)14-15-38-24-13-10-19(16-25(24)36-2)23(17-26(31)37-3)27-28(32)21-6-4-5-7-22(21)29(33)30(27)34/h4-13,16,23,32H,14-15,17H2,1-3H3. The smallest absolute Gasteiger partial charge is 0.306 e. The second kappa shape index (κ2) is 11.6. The summed E-state index contributed by atoms with van der Waals surface area (Å²) in [6, 6.07) is 19.0. The van der Waals surface area contributed by atoms with Crippen molar-refractivity contribution in [1.29, 1.82) is 0 Å². The topological polar surface area (TPSA) is 108 Å². The molecule has 196 valence electrons. The van der Waals surface area contributed by atoms with E-state index in [2.05, 4.69) is 0 Å². The van der Waals surface area contributed by atoms with E-state index in [4.69, 9.17) is 18.9 Å². The number of fused-ring (bicyclic) bond motifs is 1. The van der Waals surface area contributed by atoms with Gasteiger partial charge >= 0.3 is 5.97 Å². The molecule has 0 spiro atoms. The Hall–Kier alpha value is -4.59. The van der Waals surface area contributed by atoms with E-state index < -0.39 is 23.5 Å². The van der Waals surface area contributed by atoms with Crippen LogP contribution in [0.25, 0.3) is 5.76 Å². The maximum Gasteiger partial charge on any atom is 0.306 e. The number of rotatable bonds is 10. The average Bonchev–Trinajstić information content (AvgIpc) is 2.95.